The number of nitrogens with zero attached hydrogens (tertiary/aromatic N) is 2. The minimum absolute atomic E-state index is 0.0182. The standard InChI is InChI=1S/C22H34N2O2/c1-2-23-13-15-24(16-14-23)17-18-26-22(25)21(19-9-5-3-6-10-19)20-11-7-4-8-12-20/h3,5-6,9-10,20-21H,2,4,7-8,11-18H2,1H3. The molecule has 0 bridgehead atoms. The van der Waals surface area contributed by atoms with Gasteiger partial charge in [0.25, 0.3) is 0 Å². The Balaban J connectivity index is 1.52. The summed E-state index contributed by atoms with van der Waals surface area (Å²) in [7, 11) is 0. The number of ether oxygens (including phenoxy) is 1. The maximum atomic E-state index is 12.9. The van der Waals surface area contributed by atoms with Gasteiger partial charge in [-0.3, -0.25) is 9.69 Å². The van der Waals surface area contributed by atoms with Crippen molar-refractivity contribution >= 4 is 5.97 Å². The molecule has 2 fully saturated rings. The molecule has 1 atom stereocenters. The van der Waals surface area contributed by atoms with Gasteiger partial charge in [-0.05, 0) is 30.9 Å². The smallest absolute Gasteiger partial charge is 0.313 e. The summed E-state index contributed by atoms with van der Waals surface area (Å²) in [5.41, 5.74) is 1.13. The van der Waals surface area contributed by atoms with Crippen LogP contribution in [-0.2, 0) is 9.53 Å². The van der Waals surface area contributed by atoms with Gasteiger partial charge in [0.15, 0.2) is 0 Å². The van der Waals surface area contributed by atoms with Gasteiger partial charge in [0.1, 0.15) is 6.61 Å². The van der Waals surface area contributed by atoms with Gasteiger partial charge in [0.05, 0.1) is 5.92 Å². The molecule has 2 aliphatic rings. The highest BCUT2D eigenvalue weighted by Gasteiger charge is 2.32. The van der Waals surface area contributed by atoms with E-state index in [0.717, 1.165) is 57.7 Å². The molecule has 0 N–H and O–H groups in total. The Morgan fingerprint density at radius 1 is 1.04 bits per heavy atom. The maximum absolute atomic E-state index is 12.9. The van der Waals surface area contributed by atoms with Crippen molar-refractivity contribution in [3.05, 3.63) is 35.9 Å². The van der Waals surface area contributed by atoms with Crippen molar-refractivity contribution in [1.82, 2.24) is 9.80 Å². The van der Waals surface area contributed by atoms with Gasteiger partial charge in [-0.15, -0.1) is 0 Å². The highest BCUT2D eigenvalue weighted by atomic mass is 16.5. The lowest BCUT2D eigenvalue weighted by Crippen LogP contribution is -2.47. The molecule has 1 unspecified atom stereocenters. The zero-order valence-electron chi connectivity index (χ0n) is 16.2. The molecule has 144 valence electrons. The van der Waals surface area contributed by atoms with E-state index >= 15 is 0 Å². The molecular formula is C22H34N2O2. The van der Waals surface area contributed by atoms with Gasteiger partial charge in [-0.1, -0.05) is 56.5 Å². The predicted molar refractivity (Wildman–Crippen MR) is 105 cm³/mol. The van der Waals surface area contributed by atoms with Gasteiger partial charge >= 0.3 is 5.97 Å². The summed E-state index contributed by atoms with van der Waals surface area (Å²) in [4.78, 5) is 17.8. The van der Waals surface area contributed by atoms with E-state index in [0.29, 0.717) is 12.5 Å². The molecule has 1 aromatic rings. The second-order valence-corrected chi connectivity index (χ2v) is 7.73. The van der Waals surface area contributed by atoms with Crippen molar-refractivity contribution in [1.29, 1.82) is 0 Å². The number of carbonyl (C=O) groups excluding carboxylic acids is 1. The average molecular weight is 359 g/mol. The summed E-state index contributed by atoms with van der Waals surface area (Å²) in [6, 6.07) is 10.3. The molecule has 0 aromatic heterocycles. The van der Waals surface area contributed by atoms with E-state index in [1.807, 2.05) is 18.2 Å². The van der Waals surface area contributed by atoms with E-state index in [1.54, 1.807) is 0 Å². The zero-order chi connectivity index (χ0) is 18.2. The van der Waals surface area contributed by atoms with E-state index < -0.39 is 0 Å². The van der Waals surface area contributed by atoms with Gasteiger partial charge in [-0.2, -0.15) is 0 Å². The predicted octanol–water partition coefficient (Wildman–Crippen LogP) is 3.53. The molecule has 1 aliphatic heterocycles. The SMILES string of the molecule is CCN1CCN(CCOC(=O)C(c2ccccc2)C2CCCCC2)CC1. The minimum Gasteiger partial charge on any atom is -0.464 e. The highest BCUT2D eigenvalue weighted by molar-refractivity contribution is 5.78. The van der Waals surface area contributed by atoms with Gasteiger partial charge in [0, 0.05) is 32.7 Å². The lowest BCUT2D eigenvalue weighted by Gasteiger charge is -2.34. The van der Waals surface area contributed by atoms with Crippen LogP contribution in [0.4, 0.5) is 0 Å². The van der Waals surface area contributed by atoms with Crippen LogP contribution in [0, 0.1) is 5.92 Å². The first-order valence-electron chi connectivity index (χ1n) is 10.4. The molecule has 1 saturated heterocycles. The normalized spacial score (nSPS) is 21.4. The number of carbonyl (C=O) groups is 1. The highest BCUT2D eigenvalue weighted by Crippen LogP contribution is 2.36. The second kappa shape index (κ2) is 10.1. The second-order valence-electron chi connectivity index (χ2n) is 7.73. The number of likely N-dealkylation sites (N-methyl/N-ethyl adjacent to an activating group) is 1. The molecule has 1 heterocycles. The molecule has 1 saturated carbocycles. The fourth-order valence-electron chi connectivity index (χ4n) is 4.42. The Labute approximate surface area is 158 Å². The van der Waals surface area contributed by atoms with Gasteiger partial charge in [0.2, 0.25) is 0 Å². The molecule has 0 radical (unpaired) electrons. The summed E-state index contributed by atoms with van der Waals surface area (Å²) in [5.74, 6) is 0.329. The van der Waals surface area contributed by atoms with Crippen molar-refractivity contribution in [2.45, 2.75) is 44.9 Å². The van der Waals surface area contributed by atoms with Crippen molar-refractivity contribution in [2.24, 2.45) is 5.92 Å². The van der Waals surface area contributed by atoms with E-state index in [4.69, 9.17) is 4.74 Å². The zero-order valence-corrected chi connectivity index (χ0v) is 16.2. The molecular weight excluding hydrogens is 324 g/mol. The molecule has 0 spiro atoms. The van der Waals surface area contributed by atoms with Crippen LogP contribution in [0.1, 0.15) is 50.5 Å². The summed E-state index contributed by atoms with van der Waals surface area (Å²) in [6.45, 7) is 9.12. The Kier molecular flexibility index (Phi) is 7.51. The Hall–Kier alpha value is -1.39. The first kappa shape index (κ1) is 19.4. The number of esters is 1. The van der Waals surface area contributed by atoms with Gasteiger partial charge in [-0.25, -0.2) is 0 Å². The van der Waals surface area contributed by atoms with Crippen LogP contribution >= 0.6 is 0 Å². The van der Waals surface area contributed by atoms with Crippen molar-refractivity contribution in [2.75, 3.05) is 45.9 Å². The molecule has 0 amide bonds. The monoisotopic (exact) mass is 358 g/mol. The fraction of sp³-hybridized carbons (Fsp3) is 0.682. The van der Waals surface area contributed by atoms with E-state index in [2.05, 4.69) is 28.9 Å². The Morgan fingerprint density at radius 2 is 1.69 bits per heavy atom. The number of piperazine rings is 1. The van der Waals surface area contributed by atoms with E-state index in [9.17, 15) is 4.79 Å². The third-order valence-corrected chi connectivity index (χ3v) is 6.10. The van der Waals surface area contributed by atoms with Crippen LogP contribution in [0.15, 0.2) is 30.3 Å². The van der Waals surface area contributed by atoms with Crippen LogP contribution in [-0.4, -0.2) is 61.6 Å². The number of benzene rings is 1. The third kappa shape index (κ3) is 5.31. The Bertz CT molecular complexity index is 534. The molecule has 4 heteroatoms. The maximum Gasteiger partial charge on any atom is 0.313 e. The Morgan fingerprint density at radius 3 is 2.35 bits per heavy atom. The van der Waals surface area contributed by atoms with E-state index in [1.165, 1.54) is 19.3 Å². The number of hydrogen-bond donors (Lipinski definition) is 0. The van der Waals surface area contributed by atoms with Crippen LogP contribution in [0.2, 0.25) is 0 Å². The molecule has 1 aromatic carbocycles. The first-order chi connectivity index (χ1) is 12.8. The lowest BCUT2D eigenvalue weighted by atomic mass is 9.77. The quantitative estimate of drug-likeness (QED) is 0.698. The van der Waals surface area contributed by atoms with Crippen LogP contribution in [0.3, 0.4) is 0 Å². The number of hydrogen-bond acceptors (Lipinski definition) is 4. The number of rotatable bonds is 7. The summed E-state index contributed by atoms with van der Waals surface area (Å²) in [5, 5.41) is 0. The van der Waals surface area contributed by atoms with Crippen molar-refractivity contribution in [3.8, 4) is 0 Å². The van der Waals surface area contributed by atoms with Crippen LogP contribution in [0.25, 0.3) is 0 Å². The van der Waals surface area contributed by atoms with Gasteiger partial charge < -0.3 is 9.64 Å². The first-order valence-corrected chi connectivity index (χ1v) is 10.4. The van der Waals surface area contributed by atoms with Crippen LogP contribution < -0.4 is 0 Å². The average Bonchev–Trinajstić information content (AvgIpc) is 2.70. The summed E-state index contributed by atoms with van der Waals surface area (Å²) >= 11 is 0. The molecule has 26 heavy (non-hydrogen) atoms. The van der Waals surface area contributed by atoms with Crippen molar-refractivity contribution < 1.29 is 9.53 Å². The van der Waals surface area contributed by atoms with Crippen molar-refractivity contribution in [3.63, 3.8) is 0 Å². The fourth-order valence-corrected chi connectivity index (χ4v) is 4.42. The molecule has 1 aliphatic carbocycles. The summed E-state index contributed by atoms with van der Waals surface area (Å²) < 4.78 is 5.77. The topological polar surface area (TPSA) is 32.8 Å². The lowest BCUT2D eigenvalue weighted by molar-refractivity contribution is -0.147. The summed E-state index contributed by atoms with van der Waals surface area (Å²) in [6.07, 6.45) is 6.07. The van der Waals surface area contributed by atoms with E-state index in [-0.39, 0.29) is 11.9 Å². The largest absolute Gasteiger partial charge is 0.464 e. The molecule has 4 nitrogen and oxygen atoms in total. The van der Waals surface area contributed by atoms with Crippen LogP contribution in [0.5, 0.6) is 0 Å². The third-order valence-electron chi connectivity index (χ3n) is 6.10. The molecule has 3 rings (SSSR count). The minimum atomic E-state index is -0.0894.